The lowest BCUT2D eigenvalue weighted by Crippen LogP contribution is -2.51. The molecule has 18 heavy (non-hydrogen) atoms. The third-order valence-electron chi connectivity index (χ3n) is 3.89. The molecule has 2 aromatic rings. The summed E-state index contributed by atoms with van der Waals surface area (Å²) in [4.78, 5) is 2.54. The molecular weight excluding hydrogens is 220 g/mol. The number of nitrogens with zero attached hydrogens (tertiary/aromatic N) is 1. The standard InChI is InChI=1S/C16H20N2/c1-2-15-12-17-9-10-18(15)16-8-7-13-5-3-4-6-14(13)11-16/h3-8,11,15,17H,2,9-10,12H2,1H3. The zero-order chi connectivity index (χ0) is 12.4. The summed E-state index contributed by atoms with van der Waals surface area (Å²) in [6, 6.07) is 16.0. The Bertz CT molecular complexity index is 535. The molecule has 0 aromatic heterocycles. The van der Waals surface area contributed by atoms with Crippen LogP contribution in [0.4, 0.5) is 5.69 Å². The van der Waals surface area contributed by atoms with E-state index in [1.807, 2.05) is 0 Å². The first-order valence-corrected chi connectivity index (χ1v) is 6.84. The van der Waals surface area contributed by atoms with Gasteiger partial charge in [-0.25, -0.2) is 0 Å². The van der Waals surface area contributed by atoms with Crippen LogP contribution in [0.25, 0.3) is 10.8 Å². The molecule has 94 valence electrons. The fourth-order valence-corrected chi connectivity index (χ4v) is 2.82. The second-order valence-corrected chi connectivity index (χ2v) is 4.99. The topological polar surface area (TPSA) is 15.3 Å². The molecule has 0 bridgehead atoms. The molecular formula is C16H20N2. The minimum Gasteiger partial charge on any atom is -0.366 e. The van der Waals surface area contributed by atoms with Gasteiger partial charge in [-0.3, -0.25) is 0 Å². The number of anilines is 1. The van der Waals surface area contributed by atoms with E-state index < -0.39 is 0 Å². The highest BCUT2D eigenvalue weighted by Gasteiger charge is 2.20. The predicted molar refractivity (Wildman–Crippen MR) is 78.2 cm³/mol. The summed E-state index contributed by atoms with van der Waals surface area (Å²) < 4.78 is 0. The van der Waals surface area contributed by atoms with Crippen LogP contribution in [0.2, 0.25) is 0 Å². The maximum absolute atomic E-state index is 3.48. The zero-order valence-corrected chi connectivity index (χ0v) is 10.9. The van der Waals surface area contributed by atoms with Crippen molar-refractivity contribution in [3.8, 4) is 0 Å². The fraction of sp³-hybridized carbons (Fsp3) is 0.375. The average molecular weight is 240 g/mol. The molecule has 0 aliphatic carbocycles. The number of piperazine rings is 1. The Morgan fingerprint density at radius 2 is 2.00 bits per heavy atom. The normalized spacial score (nSPS) is 20.3. The van der Waals surface area contributed by atoms with Gasteiger partial charge in [-0.15, -0.1) is 0 Å². The summed E-state index contributed by atoms with van der Waals surface area (Å²) in [7, 11) is 0. The molecule has 3 rings (SSSR count). The molecule has 1 fully saturated rings. The summed E-state index contributed by atoms with van der Waals surface area (Å²) in [5.41, 5.74) is 1.36. The Morgan fingerprint density at radius 3 is 2.83 bits per heavy atom. The van der Waals surface area contributed by atoms with Crippen LogP contribution >= 0.6 is 0 Å². The molecule has 1 heterocycles. The van der Waals surface area contributed by atoms with Gasteiger partial charge in [-0.1, -0.05) is 37.3 Å². The van der Waals surface area contributed by atoms with Crippen molar-refractivity contribution in [1.82, 2.24) is 5.32 Å². The minimum atomic E-state index is 0.625. The summed E-state index contributed by atoms with van der Waals surface area (Å²) in [6.45, 7) is 5.56. The molecule has 0 amide bonds. The number of benzene rings is 2. The number of rotatable bonds is 2. The highest BCUT2D eigenvalue weighted by atomic mass is 15.2. The highest BCUT2D eigenvalue weighted by Crippen LogP contribution is 2.25. The Hall–Kier alpha value is -1.54. The largest absolute Gasteiger partial charge is 0.366 e. The zero-order valence-electron chi connectivity index (χ0n) is 10.9. The third kappa shape index (κ3) is 2.08. The van der Waals surface area contributed by atoms with Crippen molar-refractivity contribution in [3.05, 3.63) is 42.5 Å². The predicted octanol–water partition coefficient (Wildman–Crippen LogP) is 3.03. The van der Waals surface area contributed by atoms with Crippen molar-refractivity contribution < 1.29 is 0 Å². The lowest BCUT2D eigenvalue weighted by molar-refractivity contribution is 0.466. The minimum absolute atomic E-state index is 0.625. The van der Waals surface area contributed by atoms with Gasteiger partial charge in [0.2, 0.25) is 0 Å². The quantitative estimate of drug-likeness (QED) is 0.868. The Balaban J connectivity index is 1.97. The summed E-state index contributed by atoms with van der Waals surface area (Å²) in [5, 5.41) is 6.14. The SMILES string of the molecule is CCC1CNCCN1c1ccc2ccccc2c1. The molecule has 2 nitrogen and oxygen atoms in total. The first-order valence-electron chi connectivity index (χ1n) is 6.84. The van der Waals surface area contributed by atoms with Gasteiger partial charge in [0.15, 0.2) is 0 Å². The van der Waals surface area contributed by atoms with Crippen LogP contribution in [0.5, 0.6) is 0 Å². The molecule has 2 aromatic carbocycles. The van der Waals surface area contributed by atoms with Crippen molar-refractivity contribution in [1.29, 1.82) is 0 Å². The summed E-state index contributed by atoms with van der Waals surface area (Å²) >= 11 is 0. The van der Waals surface area contributed by atoms with E-state index in [0.717, 1.165) is 19.6 Å². The molecule has 1 N–H and O–H groups in total. The molecule has 0 radical (unpaired) electrons. The van der Waals surface area contributed by atoms with Crippen molar-refractivity contribution in [2.45, 2.75) is 19.4 Å². The molecule has 0 saturated carbocycles. The van der Waals surface area contributed by atoms with E-state index in [1.165, 1.54) is 22.9 Å². The number of hydrogen-bond acceptors (Lipinski definition) is 2. The first kappa shape index (κ1) is 11.5. The maximum Gasteiger partial charge on any atom is 0.0412 e. The first-order chi connectivity index (χ1) is 8.88. The van der Waals surface area contributed by atoms with Gasteiger partial charge in [0.05, 0.1) is 0 Å². The number of nitrogens with one attached hydrogen (secondary N) is 1. The van der Waals surface area contributed by atoms with Crippen LogP contribution in [0.1, 0.15) is 13.3 Å². The van der Waals surface area contributed by atoms with Crippen LogP contribution < -0.4 is 10.2 Å². The highest BCUT2D eigenvalue weighted by molar-refractivity contribution is 5.85. The monoisotopic (exact) mass is 240 g/mol. The lowest BCUT2D eigenvalue weighted by atomic mass is 10.1. The molecule has 1 atom stereocenters. The second-order valence-electron chi connectivity index (χ2n) is 4.99. The van der Waals surface area contributed by atoms with E-state index in [2.05, 4.69) is 59.6 Å². The van der Waals surface area contributed by atoms with Gasteiger partial charge in [0, 0.05) is 31.4 Å². The van der Waals surface area contributed by atoms with Gasteiger partial charge in [-0.05, 0) is 29.3 Å². The molecule has 1 aliphatic heterocycles. The van der Waals surface area contributed by atoms with Crippen LogP contribution in [-0.4, -0.2) is 25.7 Å². The van der Waals surface area contributed by atoms with E-state index >= 15 is 0 Å². The maximum atomic E-state index is 3.48. The van der Waals surface area contributed by atoms with E-state index in [-0.39, 0.29) is 0 Å². The van der Waals surface area contributed by atoms with Crippen LogP contribution in [0.15, 0.2) is 42.5 Å². The van der Waals surface area contributed by atoms with Crippen LogP contribution in [0.3, 0.4) is 0 Å². The van der Waals surface area contributed by atoms with Crippen LogP contribution in [-0.2, 0) is 0 Å². The van der Waals surface area contributed by atoms with Crippen molar-refractivity contribution in [3.63, 3.8) is 0 Å². The third-order valence-corrected chi connectivity index (χ3v) is 3.89. The smallest absolute Gasteiger partial charge is 0.0412 e. The summed E-state index contributed by atoms with van der Waals surface area (Å²) in [5.74, 6) is 0. The number of fused-ring (bicyclic) bond motifs is 1. The van der Waals surface area contributed by atoms with E-state index in [0.29, 0.717) is 6.04 Å². The lowest BCUT2D eigenvalue weighted by Gasteiger charge is -2.37. The fourth-order valence-electron chi connectivity index (χ4n) is 2.82. The second kappa shape index (κ2) is 4.99. The average Bonchev–Trinajstić information content (AvgIpc) is 2.46. The molecule has 0 spiro atoms. The molecule has 1 aliphatic rings. The van der Waals surface area contributed by atoms with Crippen LogP contribution in [0, 0.1) is 0 Å². The Labute approximate surface area is 109 Å². The Morgan fingerprint density at radius 1 is 1.17 bits per heavy atom. The van der Waals surface area contributed by atoms with Gasteiger partial charge in [-0.2, -0.15) is 0 Å². The van der Waals surface area contributed by atoms with Crippen molar-refractivity contribution in [2.24, 2.45) is 0 Å². The van der Waals surface area contributed by atoms with E-state index in [4.69, 9.17) is 0 Å². The molecule has 1 unspecified atom stereocenters. The molecule has 1 saturated heterocycles. The van der Waals surface area contributed by atoms with Gasteiger partial charge < -0.3 is 10.2 Å². The molecule has 2 heteroatoms. The van der Waals surface area contributed by atoms with E-state index in [1.54, 1.807) is 0 Å². The summed E-state index contributed by atoms with van der Waals surface area (Å²) in [6.07, 6.45) is 1.19. The van der Waals surface area contributed by atoms with E-state index in [9.17, 15) is 0 Å². The van der Waals surface area contributed by atoms with Gasteiger partial charge in [0.1, 0.15) is 0 Å². The van der Waals surface area contributed by atoms with Gasteiger partial charge in [0.25, 0.3) is 0 Å². The number of hydrogen-bond donors (Lipinski definition) is 1. The van der Waals surface area contributed by atoms with Gasteiger partial charge >= 0.3 is 0 Å². The Kier molecular flexibility index (Phi) is 3.20. The van der Waals surface area contributed by atoms with Crippen molar-refractivity contribution in [2.75, 3.05) is 24.5 Å². The van der Waals surface area contributed by atoms with Crippen molar-refractivity contribution >= 4 is 16.5 Å².